The van der Waals surface area contributed by atoms with Crippen LogP contribution in [0.5, 0.6) is 0 Å². The highest BCUT2D eigenvalue weighted by atomic mass is 35.5. The van der Waals surface area contributed by atoms with Gasteiger partial charge in [-0.3, -0.25) is 4.57 Å². The molecule has 8 heteroatoms. The summed E-state index contributed by atoms with van der Waals surface area (Å²) < 4.78 is 26.9. The summed E-state index contributed by atoms with van der Waals surface area (Å²) >= 11 is 5.81. The van der Waals surface area contributed by atoms with Gasteiger partial charge in [0.1, 0.15) is 0 Å². The van der Waals surface area contributed by atoms with Crippen LogP contribution < -0.4 is 0 Å². The quantitative estimate of drug-likeness (QED) is 0.420. The second-order valence-electron chi connectivity index (χ2n) is 3.68. The molecule has 0 rings (SSSR count). The van der Waals surface area contributed by atoms with Crippen molar-refractivity contribution in [2.75, 3.05) is 13.2 Å². The Morgan fingerprint density at radius 2 is 1.72 bits per heavy atom. The molecular formula is C10H20ClO6P. The molecule has 0 radical (unpaired) electrons. The van der Waals surface area contributed by atoms with Gasteiger partial charge in [-0.05, 0) is 27.7 Å². The van der Waals surface area contributed by atoms with Crippen LogP contribution >= 0.6 is 19.2 Å². The summed E-state index contributed by atoms with van der Waals surface area (Å²) in [4.78, 5) is 11.5. The van der Waals surface area contributed by atoms with Gasteiger partial charge in [0.25, 0.3) is 0 Å². The minimum absolute atomic E-state index is 0.0897. The first kappa shape index (κ1) is 17.9. The number of hydrogen-bond acceptors (Lipinski definition) is 6. The first-order valence-electron chi connectivity index (χ1n) is 5.69. The molecule has 0 spiro atoms. The molecule has 108 valence electrons. The van der Waals surface area contributed by atoms with Crippen LogP contribution in [0, 0.1) is 0 Å². The van der Waals surface area contributed by atoms with E-state index in [1.807, 2.05) is 0 Å². The van der Waals surface area contributed by atoms with Crippen LogP contribution in [0.2, 0.25) is 0 Å². The molecule has 6 nitrogen and oxygen atoms in total. The van der Waals surface area contributed by atoms with Crippen molar-refractivity contribution in [3.63, 3.8) is 0 Å². The Bertz CT molecular complexity index is 299. The molecule has 0 heterocycles. The van der Waals surface area contributed by atoms with Gasteiger partial charge in [-0.15, -0.1) is 11.6 Å². The number of esters is 1. The zero-order chi connectivity index (χ0) is 14.3. The van der Waals surface area contributed by atoms with Crippen LogP contribution in [0.4, 0.5) is 0 Å². The lowest BCUT2D eigenvalue weighted by Crippen LogP contribution is -2.34. The molecule has 0 saturated heterocycles. The van der Waals surface area contributed by atoms with Gasteiger partial charge in [0.15, 0.2) is 11.2 Å². The van der Waals surface area contributed by atoms with Crippen molar-refractivity contribution in [2.45, 2.75) is 45.0 Å². The highest BCUT2D eigenvalue weighted by Gasteiger charge is 2.43. The molecule has 0 aliphatic heterocycles. The normalized spacial score (nSPS) is 15.5. The van der Waals surface area contributed by atoms with Crippen LogP contribution in [-0.2, 0) is 23.1 Å². The zero-order valence-electron chi connectivity index (χ0n) is 11.0. The standard InChI is InChI=1S/C10H20ClO6P/c1-5-15-18(14,16-6-2)9(11)8(12)10(13)17-7(3)4/h7-9,12H,5-6H2,1-4H3/t8-,9-/m0/s1. The van der Waals surface area contributed by atoms with Gasteiger partial charge >= 0.3 is 13.6 Å². The van der Waals surface area contributed by atoms with Crippen LogP contribution in [-0.4, -0.2) is 41.6 Å². The fourth-order valence-corrected chi connectivity index (χ4v) is 3.11. The lowest BCUT2D eigenvalue weighted by Gasteiger charge is -2.24. The molecule has 18 heavy (non-hydrogen) atoms. The predicted molar refractivity (Wildman–Crippen MR) is 67.7 cm³/mol. The van der Waals surface area contributed by atoms with E-state index < -0.39 is 30.9 Å². The van der Waals surface area contributed by atoms with Crippen LogP contribution in [0.3, 0.4) is 0 Å². The van der Waals surface area contributed by atoms with Crippen molar-refractivity contribution in [1.82, 2.24) is 0 Å². The summed E-state index contributed by atoms with van der Waals surface area (Å²) in [7, 11) is -3.75. The van der Waals surface area contributed by atoms with Gasteiger partial charge in [0.05, 0.1) is 19.3 Å². The van der Waals surface area contributed by atoms with Crippen molar-refractivity contribution in [3.05, 3.63) is 0 Å². The van der Waals surface area contributed by atoms with E-state index >= 15 is 0 Å². The molecule has 0 saturated carbocycles. The Morgan fingerprint density at radius 1 is 1.28 bits per heavy atom. The third-order valence-corrected chi connectivity index (χ3v) is 4.85. The Morgan fingerprint density at radius 3 is 2.06 bits per heavy atom. The summed E-state index contributed by atoms with van der Waals surface area (Å²) in [6.07, 6.45) is -2.17. The summed E-state index contributed by atoms with van der Waals surface area (Å²) in [6.45, 7) is 6.64. The minimum Gasteiger partial charge on any atom is -0.461 e. The number of rotatable bonds is 8. The van der Waals surface area contributed by atoms with Crippen molar-refractivity contribution in [1.29, 1.82) is 0 Å². The van der Waals surface area contributed by atoms with Gasteiger partial charge in [0, 0.05) is 0 Å². The van der Waals surface area contributed by atoms with Gasteiger partial charge in [0.2, 0.25) is 0 Å². The lowest BCUT2D eigenvalue weighted by atomic mass is 10.4. The molecule has 2 atom stereocenters. The van der Waals surface area contributed by atoms with Crippen LogP contribution in [0.25, 0.3) is 0 Å². The van der Waals surface area contributed by atoms with E-state index in [0.717, 1.165) is 0 Å². The second-order valence-corrected chi connectivity index (χ2v) is 6.61. The molecule has 0 bridgehead atoms. The summed E-state index contributed by atoms with van der Waals surface area (Å²) in [5.41, 5.74) is 0. The largest absolute Gasteiger partial charge is 0.461 e. The SMILES string of the molecule is CCOP(=O)(OCC)[C@H](Cl)[C@H](O)C(=O)OC(C)C. The number of alkyl halides is 1. The smallest absolute Gasteiger partial charge is 0.351 e. The molecule has 0 unspecified atom stereocenters. The topological polar surface area (TPSA) is 82.1 Å². The number of halogens is 1. The van der Waals surface area contributed by atoms with E-state index in [9.17, 15) is 14.5 Å². The number of carbonyl (C=O) groups excluding carboxylic acids is 1. The van der Waals surface area contributed by atoms with Gasteiger partial charge in [-0.2, -0.15) is 0 Å². The Balaban J connectivity index is 4.80. The average Bonchev–Trinajstić information content (AvgIpc) is 2.26. The van der Waals surface area contributed by atoms with Gasteiger partial charge in [-0.25, -0.2) is 4.79 Å². The minimum atomic E-state index is -3.75. The van der Waals surface area contributed by atoms with Gasteiger partial charge < -0.3 is 18.9 Å². The molecule has 0 aromatic carbocycles. The molecule has 0 fully saturated rings. The monoisotopic (exact) mass is 302 g/mol. The molecular weight excluding hydrogens is 283 g/mol. The van der Waals surface area contributed by atoms with Crippen LogP contribution in [0.1, 0.15) is 27.7 Å². The maximum Gasteiger partial charge on any atom is 0.351 e. The molecule has 0 aliphatic carbocycles. The molecule has 0 aliphatic rings. The summed E-state index contributed by atoms with van der Waals surface area (Å²) in [5.74, 6) is -0.954. The van der Waals surface area contributed by atoms with E-state index in [2.05, 4.69) is 0 Å². The summed E-state index contributed by atoms with van der Waals surface area (Å²) in [6, 6.07) is 0. The lowest BCUT2D eigenvalue weighted by molar-refractivity contribution is -0.156. The molecule has 0 aromatic rings. The number of aliphatic hydroxyl groups excluding tert-OH is 1. The van der Waals surface area contributed by atoms with Crippen molar-refractivity contribution in [3.8, 4) is 0 Å². The number of carbonyl (C=O) groups is 1. The number of hydrogen-bond donors (Lipinski definition) is 1. The van der Waals surface area contributed by atoms with Crippen LogP contribution in [0.15, 0.2) is 0 Å². The Labute approximate surface area is 112 Å². The third-order valence-electron chi connectivity index (χ3n) is 1.77. The van der Waals surface area contributed by atoms with Crippen molar-refractivity contribution < 1.29 is 28.3 Å². The van der Waals surface area contributed by atoms with E-state index in [1.165, 1.54) is 0 Å². The zero-order valence-corrected chi connectivity index (χ0v) is 12.6. The highest BCUT2D eigenvalue weighted by Crippen LogP contribution is 2.56. The third kappa shape index (κ3) is 5.24. The van der Waals surface area contributed by atoms with E-state index in [1.54, 1.807) is 27.7 Å². The second kappa shape index (κ2) is 8.12. The van der Waals surface area contributed by atoms with Gasteiger partial charge in [-0.1, -0.05) is 0 Å². The fourth-order valence-electron chi connectivity index (χ4n) is 1.13. The Hall–Kier alpha value is -0.130. The van der Waals surface area contributed by atoms with E-state index in [4.69, 9.17) is 25.4 Å². The summed E-state index contributed by atoms with van der Waals surface area (Å²) in [5, 5.41) is 8.19. The number of aliphatic hydroxyl groups is 1. The molecule has 0 aromatic heterocycles. The maximum atomic E-state index is 12.2. The van der Waals surface area contributed by atoms with Crippen molar-refractivity contribution >= 4 is 25.2 Å². The first-order chi connectivity index (χ1) is 8.28. The van der Waals surface area contributed by atoms with E-state index in [-0.39, 0.29) is 13.2 Å². The first-order valence-corrected chi connectivity index (χ1v) is 7.74. The molecule has 0 amide bonds. The molecule has 1 N–H and O–H groups in total. The van der Waals surface area contributed by atoms with E-state index in [0.29, 0.717) is 0 Å². The Kier molecular flexibility index (Phi) is 8.06. The van der Waals surface area contributed by atoms with Crippen molar-refractivity contribution in [2.24, 2.45) is 0 Å². The highest BCUT2D eigenvalue weighted by molar-refractivity contribution is 7.56. The predicted octanol–water partition coefficient (Wildman–Crippen LogP) is 2.13. The fraction of sp³-hybridized carbons (Fsp3) is 0.900. The maximum absolute atomic E-state index is 12.2. The average molecular weight is 303 g/mol. The number of ether oxygens (including phenoxy) is 1.